The van der Waals surface area contributed by atoms with E-state index in [0.717, 1.165) is 31.4 Å². The molecule has 1 fully saturated rings. The second kappa shape index (κ2) is 9.95. The average Bonchev–Trinajstić information content (AvgIpc) is 2.46. The normalized spacial score (nSPS) is 18.2. The molecule has 7 heteroatoms. The molecule has 0 N–H and O–H groups in total. The third-order valence-corrected chi connectivity index (χ3v) is 4.09. The smallest absolute Gasteiger partial charge is 0.315 e. The van der Waals surface area contributed by atoms with Gasteiger partial charge in [-0.3, -0.25) is 0 Å². The summed E-state index contributed by atoms with van der Waals surface area (Å²) in [5.74, 6) is 0. The SMILES string of the molecule is Clc1nc(Cl)nc(ON=C2CCCCCCCCCCC2)n1. The van der Waals surface area contributed by atoms with Crippen LogP contribution in [-0.4, -0.2) is 20.7 Å². The Morgan fingerprint density at radius 2 is 1.14 bits per heavy atom. The Kier molecular flexibility index (Phi) is 7.88. The van der Waals surface area contributed by atoms with Crippen molar-refractivity contribution in [3.05, 3.63) is 10.6 Å². The van der Waals surface area contributed by atoms with E-state index in [2.05, 4.69) is 20.1 Å². The van der Waals surface area contributed by atoms with E-state index in [0.29, 0.717) is 0 Å². The topological polar surface area (TPSA) is 60.3 Å². The van der Waals surface area contributed by atoms with Crippen LogP contribution in [0.5, 0.6) is 6.01 Å². The maximum absolute atomic E-state index is 5.72. The molecule has 0 amide bonds. The second-order valence-electron chi connectivity index (χ2n) is 5.59. The summed E-state index contributed by atoms with van der Waals surface area (Å²) in [6.07, 6.45) is 13.5. The second-order valence-corrected chi connectivity index (χ2v) is 6.26. The number of halogens is 2. The molecule has 22 heavy (non-hydrogen) atoms. The highest BCUT2D eigenvalue weighted by Gasteiger charge is 2.07. The molecule has 122 valence electrons. The van der Waals surface area contributed by atoms with E-state index in [1.807, 2.05) is 0 Å². The van der Waals surface area contributed by atoms with Gasteiger partial charge in [-0.2, -0.15) is 15.0 Å². The minimum absolute atomic E-state index is 0.00823. The highest BCUT2D eigenvalue weighted by Crippen LogP contribution is 2.16. The van der Waals surface area contributed by atoms with Gasteiger partial charge >= 0.3 is 6.01 Å². The molecule has 1 aliphatic rings. The Labute approximate surface area is 141 Å². The monoisotopic (exact) mass is 344 g/mol. The zero-order valence-electron chi connectivity index (χ0n) is 12.7. The summed E-state index contributed by atoms with van der Waals surface area (Å²) in [5.41, 5.74) is 1.06. The molecule has 0 bridgehead atoms. The summed E-state index contributed by atoms with van der Waals surface area (Å²) in [6.45, 7) is 0. The summed E-state index contributed by atoms with van der Waals surface area (Å²) in [5, 5.41) is 4.23. The summed E-state index contributed by atoms with van der Waals surface area (Å²) in [4.78, 5) is 16.7. The molecule has 0 saturated heterocycles. The first kappa shape index (κ1) is 17.4. The van der Waals surface area contributed by atoms with Gasteiger partial charge in [-0.05, 0) is 48.9 Å². The largest absolute Gasteiger partial charge is 0.351 e. The lowest BCUT2D eigenvalue weighted by atomic mass is 10.00. The fraction of sp³-hybridized carbons (Fsp3) is 0.733. The minimum atomic E-state index is 0.00823. The number of nitrogens with zero attached hydrogens (tertiary/aromatic N) is 4. The van der Waals surface area contributed by atoms with Crippen LogP contribution in [0.3, 0.4) is 0 Å². The van der Waals surface area contributed by atoms with Crippen molar-refractivity contribution in [1.29, 1.82) is 0 Å². The van der Waals surface area contributed by atoms with E-state index in [9.17, 15) is 0 Å². The van der Waals surface area contributed by atoms with Gasteiger partial charge in [-0.25, -0.2) is 0 Å². The van der Waals surface area contributed by atoms with Crippen LogP contribution < -0.4 is 4.84 Å². The maximum Gasteiger partial charge on any atom is 0.351 e. The Morgan fingerprint density at radius 3 is 1.64 bits per heavy atom. The Morgan fingerprint density at radius 1 is 0.682 bits per heavy atom. The predicted octanol–water partition coefficient (Wildman–Crippen LogP) is 5.22. The molecule has 1 aromatic heterocycles. The minimum Gasteiger partial charge on any atom is -0.315 e. The Hall–Kier alpha value is -0.940. The van der Waals surface area contributed by atoms with Crippen LogP contribution in [0.2, 0.25) is 10.6 Å². The van der Waals surface area contributed by atoms with E-state index >= 15 is 0 Å². The van der Waals surface area contributed by atoms with Crippen LogP contribution in [-0.2, 0) is 0 Å². The number of aromatic nitrogens is 3. The Balaban J connectivity index is 1.92. The van der Waals surface area contributed by atoms with Crippen LogP contribution in [0.25, 0.3) is 0 Å². The van der Waals surface area contributed by atoms with Crippen molar-refractivity contribution < 1.29 is 4.84 Å². The summed E-state index contributed by atoms with van der Waals surface area (Å²) < 4.78 is 0. The molecule has 1 aliphatic carbocycles. The van der Waals surface area contributed by atoms with Crippen molar-refractivity contribution in [3.63, 3.8) is 0 Å². The van der Waals surface area contributed by atoms with Gasteiger partial charge in [0.2, 0.25) is 10.6 Å². The number of rotatable bonds is 2. The van der Waals surface area contributed by atoms with E-state index < -0.39 is 0 Å². The van der Waals surface area contributed by atoms with Crippen molar-refractivity contribution in [2.24, 2.45) is 5.16 Å². The molecule has 1 heterocycles. The number of oxime groups is 1. The average molecular weight is 345 g/mol. The third-order valence-electron chi connectivity index (χ3n) is 3.75. The molecule has 1 saturated carbocycles. The first-order chi connectivity index (χ1) is 10.7. The summed E-state index contributed by atoms with van der Waals surface area (Å²) in [6, 6.07) is 0.0450. The van der Waals surface area contributed by atoms with Gasteiger partial charge in [0.1, 0.15) is 0 Å². The fourth-order valence-electron chi connectivity index (χ4n) is 2.57. The third kappa shape index (κ3) is 6.88. The van der Waals surface area contributed by atoms with Crippen LogP contribution in [0.1, 0.15) is 70.6 Å². The lowest BCUT2D eigenvalue weighted by Crippen LogP contribution is -2.04. The van der Waals surface area contributed by atoms with E-state index in [4.69, 9.17) is 28.0 Å². The van der Waals surface area contributed by atoms with Gasteiger partial charge in [0.25, 0.3) is 0 Å². The molecular weight excluding hydrogens is 323 g/mol. The van der Waals surface area contributed by atoms with Crippen LogP contribution in [0.15, 0.2) is 5.16 Å². The number of hydrogen-bond donors (Lipinski definition) is 0. The van der Waals surface area contributed by atoms with Gasteiger partial charge < -0.3 is 4.84 Å². The van der Waals surface area contributed by atoms with Gasteiger partial charge in [-0.15, -0.1) is 0 Å². The lowest BCUT2D eigenvalue weighted by molar-refractivity contribution is 0.308. The maximum atomic E-state index is 5.72. The quantitative estimate of drug-likeness (QED) is 0.690. The molecular formula is C15H22Cl2N4O. The molecule has 0 aliphatic heterocycles. The van der Waals surface area contributed by atoms with Gasteiger partial charge in [0.15, 0.2) is 0 Å². The van der Waals surface area contributed by atoms with Crippen LogP contribution in [0, 0.1) is 0 Å². The van der Waals surface area contributed by atoms with Gasteiger partial charge in [0.05, 0.1) is 5.71 Å². The summed E-state index contributed by atoms with van der Waals surface area (Å²) in [7, 11) is 0. The number of hydrogen-bond acceptors (Lipinski definition) is 5. The van der Waals surface area contributed by atoms with Crippen molar-refractivity contribution in [2.75, 3.05) is 0 Å². The molecule has 2 rings (SSSR count). The van der Waals surface area contributed by atoms with Crippen molar-refractivity contribution in [2.45, 2.75) is 70.6 Å². The fourth-order valence-corrected chi connectivity index (χ4v) is 2.91. The molecule has 0 radical (unpaired) electrons. The van der Waals surface area contributed by atoms with Crippen molar-refractivity contribution >= 4 is 28.9 Å². The van der Waals surface area contributed by atoms with E-state index in [-0.39, 0.29) is 16.6 Å². The zero-order chi connectivity index (χ0) is 15.6. The molecule has 0 aromatic carbocycles. The molecule has 0 spiro atoms. The van der Waals surface area contributed by atoms with E-state index in [1.165, 1.54) is 44.9 Å². The highest BCUT2D eigenvalue weighted by molar-refractivity contribution is 6.31. The van der Waals surface area contributed by atoms with Crippen LogP contribution in [0.4, 0.5) is 0 Å². The zero-order valence-corrected chi connectivity index (χ0v) is 14.2. The van der Waals surface area contributed by atoms with E-state index in [1.54, 1.807) is 0 Å². The predicted molar refractivity (Wildman–Crippen MR) is 88.7 cm³/mol. The van der Waals surface area contributed by atoms with Crippen molar-refractivity contribution in [1.82, 2.24) is 15.0 Å². The highest BCUT2D eigenvalue weighted by atomic mass is 35.5. The van der Waals surface area contributed by atoms with Crippen LogP contribution >= 0.6 is 23.2 Å². The first-order valence-electron chi connectivity index (χ1n) is 8.04. The first-order valence-corrected chi connectivity index (χ1v) is 8.79. The standard InChI is InChI=1S/C15H22Cl2N4O/c16-13-18-14(17)20-15(19-13)22-21-12-10-8-6-4-2-1-3-5-7-9-11-12/h1-11H2. The summed E-state index contributed by atoms with van der Waals surface area (Å²) >= 11 is 11.4. The van der Waals surface area contributed by atoms with Gasteiger partial charge in [0, 0.05) is 0 Å². The molecule has 0 atom stereocenters. The molecule has 0 unspecified atom stereocenters. The Bertz CT molecular complexity index is 462. The molecule has 5 nitrogen and oxygen atoms in total. The lowest BCUT2D eigenvalue weighted by Gasteiger charge is -2.08. The van der Waals surface area contributed by atoms with Crippen molar-refractivity contribution in [3.8, 4) is 6.01 Å². The van der Waals surface area contributed by atoms with Gasteiger partial charge in [-0.1, -0.05) is 50.1 Å². The molecule has 1 aromatic rings.